The van der Waals surface area contributed by atoms with E-state index in [9.17, 15) is 4.79 Å². The predicted molar refractivity (Wildman–Crippen MR) is 93.5 cm³/mol. The van der Waals surface area contributed by atoms with E-state index in [2.05, 4.69) is 21.4 Å². The predicted octanol–water partition coefficient (Wildman–Crippen LogP) is 3.73. The molecule has 0 radical (unpaired) electrons. The van der Waals surface area contributed by atoms with Gasteiger partial charge < -0.3 is 10.2 Å². The minimum Gasteiger partial charge on any atom is -0.340 e. The smallest absolute Gasteiger partial charge is 0.227 e. The molecule has 0 saturated carbocycles. The van der Waals surface area contributed by atoms with Gasteiger partial charge in [-0.2, -0.15) is 0 Å². The number of fused-ring (bicyclic) bond motifs is 2. The summed E-state index contributed by atoms with van der Waals surface area (Å²) in [6, 6.07) is 8.16. The van der Waals surface area contributed by atoms with Crippen molar-refractivity contribution in [3.8, 4) is 0 Å². The highest BCUT2D eigenvalue weighted by Gasteiger charge is 2.22. The number of rotatable bonds is 3. The molecule has 6 heteroatoms. The first-order valence-corrected chi connectivity index (χ1v) is 8.52. The lowest BCUT2D eigenvalue weighted by Gasteiger charge is -2.28. The maximum Gasteiger partial charge on any atom is 0.227 e. The van der Waals surface area contributed by atoms with Crippen LogP contribution in [0.15, 0.2) is 36.0 Å². The van der Waals surface area contributed by atoms with E-state index in [1.165, 1.54) is 5.56 Å². The minimum atomic E-state index is 0.205. The van der Waals surface area contributed by atoms with Gasteiger partial charge in [-0.15, -0.1) is 11.3 Å². The first-order chi connectivity index (χ1) is 11.3. The average Bonchev–Trinajstić information content (AvgIpc) is 3.05. The third kappa shape index (κ3) is 2.45. The molecule has 0 saturated heterocycles. The Morgan fingerprint density at radius 2 is 2.17 bits per heavy atom. The highest BCUT2D eigenvalue weighted by Crippen LogP contribution is 2.32. The summed E-state index contributed by atoms with van der Waals surface area (Å²) in [5, 5.41) is 6.42. The number of hydrogen-bond acceptors (Lipinski definition) is 5. The van der Waals surface area contributed by atoms with Crippen LogP contribution in [0.2, 0.25) is 0 Å². The van der Waals surface area contributed by atoms with Crippen LogP contribution in [-0.2, 0) is 11.2 Å². The molecule has 0 unspecified atom stereocenters. The molecule has 1 aromatic carbocycles. The van der Waals surface area contributed by atoms with Crippen LogP contribution in [0.3, 0.4) is 0 Å². The number of benzene rings is 1. The van der Waals surface area contributed by atoms with Gasteiger partial charge >= 0.3 is 0 Å². The summed E-state index contributed by atoms with van der Waals surface area (Å²) >= 11 is 1.60. The third-order valence-corrected chi connectivity index (χ3v) is 4.94. The topological polar surface area (TPSA) is 58.1 Å². The number of carbonyl (C=O) groups is 1. The van der Waals surface area contributed by atoms with Crippen molar-refractivity contribution in [1.29, 1.82) is 0 Å². The SMILES string of the molecule is CCN1C(=O)CCc2cc(Nc3ncnc4sccc34)ccc21. The normalized spacial score (nSPS) is 14.1. The van der Waals surface area contributed by atoms with Gasteiger partial charge in [0.15, 0.2) is 0 Å². The number of thiophene rings is 1. The van der Waals surface area contributed by atoms with E-state index in [0.29, 0.717) is 13.0 Å². The number of amides is 1. The van der Waals surface area contributed by atoms with Gasteiger partial charge in [-0.05, 0) is 48.6 Å². The lowest BCUT2D eigenvalue weighted by atomic mass is 10.0. The second-order valence-corrected chi connectivity index (χ2v) is 6.36. The second-order valence-electron chi connectivity index (χ2n) is 5.47. The van der Waals surface area contributed by atoms with Crippen molar-refractivity contribution >= 4 is 44.7 Å². The number of aromatic nitrogens is 2. The zero-order valence-corrected chi connectivity index (χ0v) is 13.6. The van der Waals surface area contributed by atoms with E-state index in [-0.39, 0.29) is 5.91 Å². The molecule has 23 heavy (non-hydrogen) atoms. The van der Waals surface area contributed by atoms with E-state index in [4.69, 9.17) is 0 Å². The van der Waals surface area contributed by atoms with Gasteiger partial charge in [0.25, 0.3) is 0 Å². The molecule has 4 rings (SSSR count). The highest BCUT2D eigenvalue weighted by atomic mass is 32.1. The van der Waals surface area contributed by atoms with Crippen LogP contribution in [0.25, 0.3) is 10.2 Å². The number of nitrogens with one attached hydrogen (secondary N) is 1. The van der Waals surface area contributed by atoms with Crippen molar-refractivity contribution in [1.82, 2.24) is 9.97 Å². The number of anilines is 3. The van der Waals surface area contributed by atoms with Crippen molar-refractivity contribution in [2.45, 2.75) is 19.8 Å². The van der Waals surface area contributed by atoms with Gasteiger partial charge in [-0.3, -0.25) is 4.79 Å². The summed E-state index contributed by atoms with van der Waals surface area (Å²) in [5.74, 6) is 1.02. The van der Waals surface area contributed by atoms with E-state index < -0.39 is 0 Å². The van der Waals surface area contributed by atoms with E-state index in [1.54, 1.807) is 17.7 Å². The molecule has 1 aliphatic heterocycles. The van der Waals surface area contributed by atoms with Crippen molar-refractivity contribution in [2.24, 2.45) is 0 Å². The first kappa shape index (κ1) is 14.1. The monoisotopic (exact) mass is 324 g/mol. The zero-order valence-electron chi connectivity index (χ0n) is 12.7. The van der Waals surface area contributed by atoms with Gasteiger partial charge in [0.05, 0.1) is 5.39 Å². The van der Waals surface area contributed by atoms with Crippen LogP contribution >= 0.6 is 11.3 Å². The molecule has 0 spiro atoms. The molecule has 1 N–H and O–H groups in total. The molecule has 3 aromatic rings. The fourth-order valence-electron chi connectivity index (χ4n) is 3.01. The molecule has 2 aromatic heterocycles. The van der Waals surface area contributed by atoms with Gasteiger partial charge in [-0.1, -0.05) is 0 Å². The third-order valence-electron chi connectivity index (χ3n) is 4.12. The summed E-state index contributed by atoms with van der Waals surface area (Å²) in [7, 11) is 0. The Morgan fingerprint density at radius 1 is 1.26 bits per heavy atom. The minimum absolute atomic E-state index is 0.205. The summed E-state index contributed by atoms with van der Waals surface area (Å²) in [5.41, 5.74) is 3.21. The fourth-order valence-corrected chi connectivity index (χ4v) is 3.74. The van der Waals surface area contributed by atoms with Gasteiger partial charge in [0.2, 0.25) is 5.91 Å². The molecule has 116 valence electrons. The summed E-state index contributed by atoms with van der Waals surface area (Å²) in [4.78, 5) is 23.4. The first-order valence-electron chi connectivity index (χ1n) is 7.65. The number of carbonyl (C=O) groups excluding carboxylic acids is 1. The number of nitrogens with zero attached hydrogens (tertiary/aromatic N) is 3. The summed E-state index contributed by atoms with van der Waals surface area (Å²) in [6.45, 7) is 2.72. The molecule has 3 heterocycles. The Labute approximate surface area is 138 Å². The average molecular weight is 324 g/mol. The quantitative estimate of drug-likeness (QED) is 0.797. The number of hydrogen-bond donors (Lipinski definition) is 1. The van der Waals surface area contributed by atoms with Crippen LogP contribution in [0.1, 0.15) is 18.9 Å². The number of aryl methyl sites for hydroxylation is 1. The lowest BCUT2D eigenvalue weighted by molar-refractivity contribution is -0.118. The van der Waals surface area contributed by atoms with Gasteiger partial charge in [0.1, 0.15) is 17.0 Å². The Balaban J connectivity index is 1.69. The molecule has 0 bridgehead atoms. The second kappa shape index (κ2) is 5.62. The molecular formula is C17H16N4OS. The molecule has 0 atom stereocenters. The van der Waals surface area contributed by atoms with Crippen molar-refractivity contribution in [3.63, 3.8) is 0 Å². The molecular weight excluding hydrogens is 308 g/mol. The Kier molecular flexibility index (Phi) is 3.46. The van der Waals surface area contributed by atoms with Crippen LogP contribution < -0.4 is 10.2 Å². The summed E-state index contributed by atoms with van der Waals surface area (Å²) < 4.78 is 0. The zero-order chi connectivity index (χ0) is 15.8. The molecule has 5 nitrogen and oxygen atoms in total. The standard InChI is InChI=1S/C17H16N4OS/c1-2-21-14-5-4-12(9-11(14)3-6-15(21)22)20-16-13-7-8-23-17(13)19-10-18-16/h4-5,7-10H,2-3,6H2,1H3,(H,18,19,20). The summed E-state index contributed by atoms with van der Waals surface area (Å²) in [6.07, 6.45) is 2.95. The largest absolute Gasteiger partial charge is 0.340 e. The fraction of sp³-hybridized carbons (Fsp3) is 0.235. The van der Waals surface area contributed by atoms with E-state index in [0.717, 1.165) is 33.8 Å². The van der Waals surface area contributed by atoms with Crippen LogP contribution in [0.4, 0.5) is 17.2 Å². The van der Waals surface area contributed by atoms with Crippen LogP contribution in [-0.4, -0.2) is 22.4 Å². The van der Waals surface area contributed by atoms with Crippen molar-refractivity contribution < 1.29 is 4.79 Å². The van der Waals surface area contributed by atoms with E-state index >= 15 is 0 Å². The maximum absolute atomic E-state index is 12.0. The Morgan fingerprint density at radius 3 is 3.04 bits per heavy atom. The van der Waals surface area contributed by atoms with E-state index in [1.807, 2.05) is 35.4 Å². The Hall–Kier alpha value is -2.47. The molecule has 0 aliphatic carbocycles. The maximum atomic E-state index is 12.0. The van der Waals surface area contributed by atoms with Gasteiger partial charge in [0, 0.05) is 24.3 Å². The molecule has 0 fully saturated rings. The van der Waals surface area contributed by atoms with Crippen molar-refractivity contribution in [3.05, 3.63) is 41.5 Å². The van der Waals surface area contributed by atoms with Crippen molar-refractivity contribution in [2.75, 3.05) is 16.8 Å². The highest BCUT2D eigenvalue weighted by molar-refractivity contribution is 7.16. The Bertz CT molecular complexity index is 889. The van der Waals surface area contributed by atoms with Crippen LogP contribution in [0.5, 0.6) is 0 Å². The molecule has 1 amide bonds. The lowest BCUT2D eigenvalue weighted by Crippen LogP contribution is -2.34. The van der Waals surface area contributed by atoms with Gasteiger partial charge in [-0.25, -0.2) is 9.97 Å². The molecule has 1 aliphatic rings. The van der Waals surface area contributed by atoms with Crippen LogP contribution in [0, 0.1) is 0 Å².